The van der Waals surface area contributed by atoms with E-state index in [1.807, 2.05) is 41.1 Å². The van der Waals surface area contributed by atoms with Crippen LogP contribution < -0.4 is 5.32 Å². The predicted molar refractivity (Wildman–Crippen MR) is 89.3 cm³/mol. The summed E-state index contributed by atoms with van der Waals surface area (Å²) in [7, 11) is 1.74. The van der Waals surface area contributed by atoms with Crippen molar-refractivity contribution in [3.05, 3.63) is 78.6 Å². The molecule has 2 aromatic heterocycles. The molecule has 6 heteroatoms. The number of nitrogens with one attached hydrogen (secondary N) is 1. The quantitative estimate of drug-likeness (QED) is 0.557. The second-order valence-electron chi connectivity index (χ2n) is 5.53. The van der Waals surface area contributed by atoms with E-state index in [0.717, 1.165) is 5.56 Å². The molecule has 2 heterocycles. The van der Waals surface area contributed by atoms with Crippen LogP contribution in [0.2, 0.25) is 0 Å². The van der Waals surface area contributed by atoms with Crippen LogP contribution in [-0.2, 0) is 18.4 Å². The van der Waals surface area contributed by atoms with Crippen LogP contribution in [0.3, 0.4) is 0 Å². The first kappa shape index (κ1) is 15.7. The Morgan fingerprint density at radius 1 is 1.12 bits per heavy atom. The van der Waals surface area contributed by atoms with Crippen LogP contribution in [0.4, 0.5) is 0 Å². The summed E-state index contributed by atoms with van der Waals surface area (Å²) in [6, 6.07) is 12.6. The minimum absolute atomic E-state index is 0.322. The minimum Gasteiger partial charge on any atom is -0.348 e. The van der Waals surface area contributed by atoms with E-state index < -0.39 is 11.7 Å². The zero-order chi connectivity index (χ0) is 16.9. The number of rotatable bonds is 6. The SMILES string of the molecule is Cn1cccc1C(=O)C(=O)N[C@@H](Cn1ccnc1)c1ccccc1. The summed E-state index contributed by atoms with van der Waals surface area (Å²) in [6.07, 6.45) is 6.92. The van der Waals surface area contributed by atoms with Gasteiger partial charge in [-0.05, 0) is 17.7 Å². The average Bonchev–Trinajstić information content (AvgIpc) is 3.26. The standard InChI is InChI=1S/C18H18N4O2/c1-21-10-5-8-16(21)17(23)18(24)20-15(12-22-11-9-19-13-22)14-6-3-2-4-7-14/h2-11,13,15H,12H2,1H3,(H,20,24)/t15-/m0/s1. The van der Waals surface area contributed by atoms with Crippen molar-refractivity contribution in [2.75, 3.05) is 0 Å². The van der Waals surface area contributed by atoms with Crippen molar-refractivity contribution < 1.29 is 9.59 Å². The van der Waals surface area contributed by atoms with Gasteiger partial charge in [-0.25, -0.2) is 4.98 Å². The lowest BCUT2D eigenvalue weighted by atomic mass is 10.1. The molecule has 0 fully saturated rings. The third-order valence-corrected chi connectivity index (χ3v) is 3.84. The molecule has 0 aliphatic carbocycles. The highest BCUT2D eigenvalue weighted by Gasteiger charge is 2.23. The molecule has 24 heavy (non-hydrogen) atoms. The van der Waals surface area contributed by atoms with E-state index in [0.29, 0.717) is 12.2 Å². The van der Waals surface area contributed by atoms with Gasteiger partial charge in [0.05, 0.1) is 18.1 Å². The summed E-state index contributed by atoms with van der Waals surface area (Å²) >= 11 is 0. The van der Waals surface area contributed by atoms with Crippen LogP contribution in [0.25, 0.3) is 0 Å². The molecule has 0 bridgehead atoms. The largest absolute Gasteiger partial charge is 0.348 e. The van der Waals surface area contributed by atoms with Gasteiger partial charge >= 0.3 is 0 Å². The second kappa shape index (κ2) is 6.95. The number of aryl methyl sites for hydroxylation is 1. The van der Waals surface area contributed by atoms with Crippen molar-refractivity contribution in [3.8, 4) is 0 Å². The van der Waals surface area contributed by atoms with Crippen LogP contribution in [-0.4, -0.2) is 25.8 Å². The maximum atomic E-state index is 12.4. The highest BCUT2D eigenvalue weighted by atomic mass is 16.2. The summed E-state index contributed by atoms with van der Waals surface area (Å²) in [4.78, 5) is 28.8. The molecule has 1 aromatic carbocycles. The van der Waals surface area contributed by atoms with Crippen molar-refractivity contribution in [1.82, 2.24) is 19.4 Å². The molecule has 0 spiro atoms. The van der Waals surface area contributed by atoms with Crippen molar-refractivity contribution in [2.45, 2.75) is 12.6 Å². The molecule has 1 amide bonds. The zero-order valence-electron chi connectivity index (χ0n) is 13.3. The van der Waals surface area contributed by atoms with Crippen LogP contribution >= 0.6 is 0 Å². The van der Waals surface area contributed by atoms with Crippen molar-refractivity contribution in [2.24, 2.45) is 7.05 Å². The minimum atomic E-state index is -0.620. The molecule has 1 N–H and O–H groups in total. The van der Waals surface area contributed by atoms with Gasteiger partial charge < -0.3 is 14.5 Å². The molecular weight excluding hydrogens is 304 g/mol. The average molecular weight is 322 g/mol. The number of carbonyl (C=O) groups is 2. The van der Waals surface area contributed by atoms with Crippen LogP contribution in [0.15, 0.2) is 67.4 Å². The lowest BCUT2D eigenvalue weighted by Crippen LogP contribution is -2.36. The molecule has 6 nitrogen and oxygen atoms in total. The molecule has 0 aliphatic heterocycles. The Bertz CT molecular complexity index is 822. The maximum absolute atomic E-state index is 12.4. The molecule has 0 radical (unpaired) electrons. The number of hydrogen-bond donors (Lipinski definition) is 1. The fraction of sp³-hybridized carbons (Fsp3) is 0.167. The van der Waals surface area contributed by atoms with E-state index in [-0.39, 0.29) is 6.04 Å². The number of ketones is 1. The highest BCUT2D eigenvalue weighted by Crippen LogP contribution is 2.15. The van der Waals surface area contributed by atoms with Crippen LogP contribution in [0, 0.1) is 0 Å². The molecule has 0 saturated heterocycles. The summed E-state index contributed by atoms with van der Waals surface area (Å²) in [5, 5.41) is 2.84. The van der Waals surface area contributed by atoms with Gasteiger partial charge in [0.25, 0.3) is 11.7 Å². The first-order valence-corrected chi connectivity index (χ1v) is 7.62. The Morgan fingerprint density at radius 2 is 1.92 bits per heavy atom. The Hall–Kier alpha value is -3.15. The summed E-state index contributed by atoms with van der Waals surface area (Å²) in [5.74, 6) is -1.17. The molecule has 0 aliphatic rings. The number of carbonyl (C=O) groups excluding carboxylic acids is 2. The number of aromatic nitrogens is 3. The summed E-state index contributed by atoms with van der Waals surface area (Å²) in [6.45, 7) is 0.496. The van der Waals surface area contributed by atoms with Crippen molar-refractivity contribution in [3.63, 3.8) is 0 Å². The second-order valence-corrected chi connectivity index (χ2v) is 5.53. The lowest BCUT2D eigenvalue weighted by Gasteiger charge is -2.19. The monoisotopic (exact) mass is 322 g/mol. The molecule has 3 rings (SSSR count). The summed E-state index contributed by atoms with van der Waals surface area (Å²) < 4.78 is 3.50. The Labute approximate surface area is 139 Å². The van der Waals surface area contributed by atoms with Gasteiger partial charge in [0.15, 0.2) is 0 Å². The van der Waals surface area contributed by atoms with Crippen LogP contribution in [0.5, 0.6) is 0 Å². The number of benzene rings is 1. The van der Waals surface area contributed by atoms with E-state index in [4.69, 9.17) is 0 Å². The predicted octanol–water partition coefficient (Wildman–Crippen LogP) is 1.96. The topological polar surface area (TPSA) is 68.9 Å². The van der Waals surface area contributed by atoms with Gasteiger partial charge in [0, 0.05) is 32.2 Å². The van der Waals surface area contributed by atoms with Crippen molar-refractivity contribution >= 4 is 11.7 Å². The van der Waals surface area contributed by atoms with Gasteiger partial charge in [-0.15, -0.1) is 0 Å². The Morgan fingerprint density at radius 3 is 2.54 bits per heavy atom. The molecule has 0 unspecified atom stereocenters. The normalized spacial score (nSPS) is 11.9. The van der Waals surface area contributed by atoms with Crippen molar-refractivity contribution in [1.29, 1.82) is 0 Å². The fourth-order valence-electron chi connectivity index (χ4n) is 2.56. The maximum Gasteiger partial charge on any atom is 0.294 e. The van der Waals surface area contributed by atoms with Gasteiger partial charge in [-0.3, -0.25) is 9.59 Å². The van der Waals surface area contributed by atoms with E-state index in [9.17, 15) is 9.59 Å². The lowest BCUT2D eigenvalue weighted by molar-refractivity contribution is -0.117. The first-order valence-electron chi connectivity index (χ1n) is 7.62. The van der Waals surface area contributed by atoms with Gasteiger partial charge in [-0.2, -0.15) is 0 Å². The number of imidazole rings is 1. The molecule has 122 valence electrons. The number of hydrogen-bond acceptors (Lipinski definition) is 3. The van der Waals surface area contributed by atoms with E-state index in [1.54, 1.807) is 42.5 Å². The summed E-state index contributed by atoms with van der Waals surface area (Å²) in [5.41, 5.74) is 1.29. The van der Waals surface area contributed by atoms with E-state index in [2.05, 4.69) is 10.3 Å². The number of Topliss-reactive ketones (excluding diaryl/α,β-unsaturated/α-hetero) is 1. The van der Waals surface area contributed by atoms with Crippen LogP contribution in [0.1, 0.15) is 22.1 Å². The third kappa shape index (κ3) is 3.43. The third-order valence-electron chi connectivity index (χ3n) is 3.84. The zero-order valence-corrected chi connectivity index (χ0v) is 13.3. The number of amides is 1. The molecule has 1 atom stereocenters. The highest BCUT2D eigenvalue weighted by molar-refractivity contribution is 6.42. The molecular formula is C18H18N4O2. The van der Waals surface area contributed by atoms with E-state index in [1.165, 1.54) is 0 Å². The fourth-order valence-corrected chi connectivity index (χ4v) is 2.56. The van der Waals surface area contributed by atoms with Gasteiger partial charge in [0.1, 0.15) is 0 Å². The number of nitrogens with zero attached hydrogens (tertiary/aromatic N) is 3. The van der Waals surface area contributed by atoms with E-state index >= 15 is 0 Å². The smallest absolute Gasteiger partial charge is 0.294 e. The molecule has 3 aromatic rings. The van der Waals surface area contributed by atoms with Gasteiger partial charge in [-0.1, -0.05) is 30.3 Å². The first-order chi connectivity index (χ1) is 11.6. The molecule has 0 saturated carbocycles. The Balaban J connectivity index is 1.80. The Kier molecular flexibility index (Phi) is 4.56. The van der Waals surface area contributed by atoms with Gasteiger partial charge in [0.2, 0.25) is 0 Å².